The Labute approximate surface area is 134 Å². The fraction of sp³-hybridized carbons (Fsp3) is 0.250. The Morgan fingerprint density at radius 1 is 1.10 bits per heavy atom. The second kappa shape index (κ2) is 7.11. The molecule has 0 radical (unpaired) electrons. The van der Waals surface area contributed by atoms with Gasteiger partial charge in [-0.25, -0.2) is 0 Å². The van der Waals surface area contributed by atoms with Crippen molar-refractivity contribution in [2.75, 3.05) is 13.1 Å². The number of rotatable bonds is 3. The van der Waals surface area contributed by atoms with Crippen LogP contribution in [0.2, 0.25) is 0 Å². The summed E-state index contributed by atoms with van der Waals surface area (Å²) in [7, 11) is 0. The van der Waals surface area contributed by atoms with Gasteiger partial charge in [-0.1, -0.05) is 46.3 Å². The molecule has 20 heavy (non-hydrogen) atoms. The molecule has 1 unspecified atom stereocenters. The van der Waals surface area contributed by atoms with Crippen LogP contribution in [0.4, 0.5) is 0 Å². The molecule has 0 amide bonds. The molecule has 1 N–H and O–H groups in total. The molecule has 1 saturated heterocycles. The van der Waals surface area contributed by atoms with E-state index in [9.17, 15) is 0 Å². The van der Waals surface area contributed by atoms with Crippen LogP contribution in [-0.2, 0) is 0 Å². The van der Waals surface area contributed by atoms with E-state index in [0.717, 1.165) is 35.3 Å². The zero-order valence-electron chi connectivity index (χ0n) is 11.0. The molecule has 0 saturated carbocycles. The van der Waals surface area contributed by atoms with Crippen molar-refractivity contribution in [3.8, 4) is 16.9 Å². The number of benzene rings is 2. The van der Waals surface area contributed by atoms with E-state index < -0.39 is 0 Å². The van der Waals surface area contributed by atoms with Crippen LogP contribution in [0.3, 0.4) is 0 Å². The highest BCUT2D eigenvalue weighted by atomic mass is 79.9. The largest absolute Gasteiger partial charge is 0.488 e. The maximum atomic E-state index is 6.13. The Morgan fingerprint density at radius 2 is 1.90 bits per heavy atom. The molecule has 1 atom stereocenters. The fourth-order valence-corrected chi connectivity index (χ4v) is 2.72. The zero-order chi connectivity index (χ0) is 13.1. The van der Waals surface area contributed by atoms with E-state index >= 15 is 0 Å². The summed E-state index contributed by atoms with van der Waals surface area (Å²) in [6.45, 7) is 1.98. The molecule has 1 aliphatic rings. The summed E-state index contributed by atoms with van der Waals surface area (Å²) < 4.78 is 7.20. The van der Waals surface area contributed by atoms with Gasteiger partial charge in [0.2, 0.25) is 0 Å². The van der Waals surface area contributed by atoms with Crippen LogP contribution in [0.25, 0.3) is 11.1 Å². The molecule has 106 valence electrons. The summed E-state index contributed by atoms with van der Waals surface area (Å²) in [5.41, 5.74) is 2.33. The maximum Gasteiger partial charge on any atom is 0.127 e. The number of hydrogen-bond donors (Lipinski definition) is 1. The third kappa shape index (κ3) is 3.54. The zero-order valence-corrected chi connectivity index (χ0v) is 13.4. The van der Waals surface area contributed by atoms with Gasteiger partial charge in [0.1, 0.15) is 11.9 Å². The molecule has 1 heterocycles. The maximum absolute atomic E-state index is 6.13. The van der Waals surface area contributed by atoms with Crippen molar-refractivity contribution in [2.24, 2.45) is 0 Å². The lowest BCUT2D eigenvalue weighted by molar-refractivity contribution is 0.224. The number of hydrogen-bond acceptors (Lipinski definition) is 2. The van der Waals surface area contributed by atoms with Gasteiger partial charge in [0.05, 0.1) is 0 Å². The molecular formula is C16H17BrClNO. The minimum Gasteiger partial charge on any atom is -0.488 e. The molecular weight excluding hydrogens is 338 g/mol. The first-order valence-electron chi connectivity index (χ1n) is 6.55. The summed E-state index contributed by atoms with van der Waals surface area (Å²) in [5.74, 6) is 0.961. The van der Waals surface area contributed by atoms with Gasteiger partial charge < -0.3 is 10.1 Å². The second-order valence-corrected chi connectivity index (χ2v) is 5.65. The van der Waals surface area contributed by atoms with Crippen LogP contribution >= 0.6 is 28.3 Å². The highest BCUT2D eigenvalue weighted by molar-refractivity contribution is 9.10. The Balaban J connectivity index is 0.00000147. The first-order chi connectivity index (χ1) is 9.33. The van der Waals surface area contributed by atoms with Crippen molar-refractivity contribution < 1.29 is 4.74 Å². The standard InChI is InChI=1S/C16H16BrNO.ClH/c17-13-6-7-16(19-14-8-9-18-11-14)15(10-13)12-4-2-1-3-5-12;/h1-7,10,14,18H,8-9,11H2;1H. The number of ether oxygens (including phenoxy) is 1. The van der Waals surface area contributed by atoms with Gasteiger partial charge in [-0.15, -0.1) is 12.4 Å². The molecule has 1 aliphatic heterocycles. The van der Waals surface area contributed by atoms with Crippen molar-refractivity contribution in [2.45, 2.75) is 12.5 Å². The van der Waals surface area contributed by atoms with Gasteiger partial charge in [0.25, 0.3) is 0 Å². The first kappa shape index (κ1) is 15.4. The lowest BCUT2D eigenvalue weighted by Crippen LogP contribution is -2.19. The van der Waals surface area contributed by atoms with Gasteiger partial charge in [-0.05, 0) is 36.7 Å². The average Bonchev–Trinajstić information content (AvgIpc) is 2.95. The summed E-state index contributed by atoms with van der Waals surface area (Å²) in [4.78, 5) is 0. The molecule has 2 aromatic rings. The third-order valence-corrected chi connectivity index (χ3v) is 3.83. The first-order valence-corrected chi connectivity index (χ1v) is 7.34. The summed E-state index contributed by atoms with van der Waals surface area (Å²) in [5, 5.41) is 3.33. The van der Waals surface area contributed by atoms with Gasteiger partial charge in [-0.3, -0.25) is 0 Å². The molecule has 2 aromatic carbocycles. The molecule has 4 heteroatoms. The quantitative estimate of drug-likeness (QED) is 0.888. The van der Waals surface area contributed by atoms with E-state index in [0.29, 0.717) is 0 Å². The predicted molar refractivity (Wildman–Crippen MR) is 88.7 cm³/mol. The van der Waals surface area contributed by atoms with Gasteiger partial charge in [-0.2, -0.15) is 0 Å². The predicted octanol–water partition coefficient (Wildman–Crippen LogP) is 4.28. The van der Waals surface area contributed by atoms with Crippen LogP contribution < -0.4 is 10.1 Å². The highest BCUT2D eigenvalue weighted by Gasteiger charge is 2.18. The van der Waals surface area contributed by atoms with E-state index in [1.54, 1.807) is 0 Å². The summed E-state index contributed by atoms with van der Waals surface area (Å²) in [6, 6.07) is 16.6. The molecule has 3 rings (SSSR count). The minimum absolute atomic E-state index is 0. The van der Waals surface area contributed by atoms with E-state index in [1.807, 2.05) is 18.2 Å². The van der Waals surface area contributed by atoms with Crippen LogP contribution in [0.1, 0.15) is 6.42 Å². The lowest BCUT2D eigenvalue weighted by Gasteiger charge is -2.16. The van der Waals surface area contributed by atoms with E-state index in [-0.39, 0.29) is 18.5 Å². The van der Waals surface area contributed by atoms with Crippen molar-refractivity contribution in [3.63, 3.8) is 0 Å². The second-order valence-electron chi connectivity index (χ2n) is 4.74. The van der Waals surface area contributed by atoms with Crippen molar-refractivity contribution in [3.05, 3.63) is 53.0 Å². The Hall–Kier alpha value is -1.03. The van der Waals surface area contributed by atoms with Crippen LogP contribution in [-0.4, -0.2) is 19.2 Å². The molecule has 0 bridgehead atoms. The third-order valence-electron chi connectivity index (χ3n) is 3.34. The Kier molecular flexibility index (Phi) is 5.46. The fourth-order valence-electron chi connectivity index (χ4n) is 2.36. The average molecular weight is 355 g/mol. The summed E-state index contributed by atoms with van der Waals surface area (Å²) >= 11 is 3.54. The minimum atomic E-state index is 0. The van der Waals surface area contributed by atoms with Gasteiger partial charge in [0, 0.05) is 16.6 Å². The molecule has 2 nitrogen and oxygen atoms in total. The Morgan fingerprint density at radius 3 is 2.60 bits per heavy atom. The van der Waals surface area contributed by atoms with Crippen LogP contribution in [0.5, 0.6) is 5.75 Å². The van der Waals surface area contributed by atoms with E-state index in [1.165, 1.54) is 5.56 Å². The highest BCUT2D eigenvalue weighted by Crippen LogP contribution is 2.33. The van der Waals surface area contributed by atoms with Crippen molar-refractivity contribution >= 4 is 28.3 Å². The monoisotopic (exact) mass is 353 g/mol. The smallest absolute Gasteiger partial charge is 0.127 e. The Bertz CT molecular complexity index is 556. The van der Waals surface area contributed by atoms with E-state index in [4.69, 9.17) is 4.74 Å². The van der Waals surface area contributed by atoms with Gasteiger partial charge in [0.15, 0.2) is 0 Å². The van der Waals surface area contributed by atoms with Crippen LogP contribution in [0.15, 0.2) is 53.0 Å². The molecule has 0 spiro atoms. The van der Waals surface area contributed by atoms with Crippen molar-refractivity contribution in [1.82, 2.24) is 5.32 Å². The van der Waals surface area contributed by atoms with Crippen LogP contribution in [0, 0.1) is 0 Å². The SMILES string of the molecule is Brc1ccc(OC2CCNC2)c(-c2ccccc2)c1.Cl. The topological polar surface area (TPSA) is 21.3 Å². The molecule has 0 aliphatic carbocycles. The van der Waals surface area contributed by atoms with E-state index in [2.05, 4.69) is 51.6 Å². The van der Waals surface area contributed by atoms with Gasteiger partial charge >= 0.3 is 0 Å². The normalized spacial score (nSPS) is 17.6. The number of nitrogens with one attached hydrogen (secondary N) is 1. The number of halogens is 2. The van der Waals surface area contributed by atoms with Crippen molar-refractivity contribution in [1.29, 1.82) is 0 Å². The molecule has 0 aromatic heterocycles. The lowest BCUT2D eigenvalue weighted by atomic mass is 10.0. The molecule has 1 fully saturated rings. The summed E-state index contributed by atoms with van der Waals surface area (Å²) in [6.07, 6.45) is 1.35.